The molecular formula is C21H36N2. The number of aliphatic imine (C=N–C) groups is 1. The standard InChI is InChI=1S/C21H36N2/c1-8-10-11-12-20(17(4)13-14-18(5)22-7)23-19(6)15-21(23)16(3)9-2/h10-11,16,21H,6,8-9,12-15H2,1-5,7H3/b11-10+,20-17+,22-18+. The molecule has 23 heavy (non-hydrogen) atoms. The summed E-state index contributed by atoms with van der Waals surface area (Å²) in [7, 11) is 1.88. The van der Waals surface area contributed by atoms with Crippen molar-refractivity contribution >= 4 is 5.71 Å². The molecule has 0 bridgehead atoms. The van der Waals surface area contributed by atoms with Crippen molar-refractivity contribution in [3.63, 3.8) is 0 Å². The van der Waals surface area contributed by atoms with Gasteiger partial charge in [-0.15, -0.1) is 0 Å². The van der Waals surface area contributed by atoms with E-state index in [0.717, 1.165) is 38.0 Å². The van der Waals surface area contributed by atoms with E-state index in [1.54, 1.807) is 0 Å². The van der Waals surface area contributed by atoms with Gasteiger partial charge in [-0.3, -0.25) is 4.99 Å². The number of likely N-dealkylation sites (tertiary alicyclic amines) is 1. The van der Waals surface area contributed by atoms with E-state index in [0.29, 0.717) is 6.04 Å². The maximum atomic E-state index is 4.30. The summed E-state index contributed by atoms with van der Waals surface area (Å²) in [5, 5.41) is 0. The molecule has 2 atom stereocenters. The first kappa shape index (κ1) is 19.7. The Morgan fingerprint density at radius 2 is 2.00 bits per heavy atom. The average Bonchev–Trinajstić information content (AvgIpc) is 2.55. The second kappa shape index (κ2) is 9.75. The Balaban J connectivity index is 2.98. The van der Waals surface area contributed by atoms with E-state index in [-0.39, 0.29) is 0 Å². The van der Waals surface area contributed by atoms with Crippen LogP contribution in [0.15, 0.2) is 40.7 Å². The Bertz CT molecular complexity index is 482. The molecule has 0 radical (unpaired) electrons. The van der Waals surface area contributed by atoms with E-state index in [9.17, 15) is 0 Å². The Morgan fingerprint density at radius 3 is 2.52 bits per heavy atom. The van der Waals surface area contributed by atoms with Crippen LogP contribution in [0, 0.1) is 5.92 Å². The van der Waals surface area contributed by atoms with Crippen molar-refractivity contribution < 1.29 is 0 Å². The summed E-state index contributed by atoms with van der Waals surface area (Å²) in [5.41, 5.74) is 5.48. The predicted molar refractivity (Wildman–Crippen MR) is 104 cm³/mol. The molecule has 0 aromatic carbocycles. The molecule has 2 unspecified atom stereocenters. The summed E-state index contributed by atoms with van der Waals surface area (Å²) in [5.74, 6) is 0.720. The summed E-state index contributed by atoms with van der Waals surface area (Å²) in [4.78, 5) is 6.82. The van der Waals surface area contributed by atoms with Crippen LogP contribution in [0.4, 0.5) is 0 Å². The van der Waals surface area contributed by atoms with Crippen molar-refractivity contribution in [2.75, 3.05) is 7.05 Å². The number of hydrogen-bond donors (Lipinski definition) is 0. The van der Waals surface area contributed by atoms with Crippen LogP contribution < -0.4 is 0 Å². The molecule has 0 aromatic rings. The lowest BCUT2D eigenvalue weighted by Gasteiger charge is -2.49. The Morgan fingerprint density at radius 1 is 1.30 bits per heavy atom. The lowest BCUT2D eigenvalue weighted by atomic mass is 9.84. The van der Waals surface area contributed by atoms with Crippen molar-refractivity contribution in [1.29, 1.82) is 0 Å². The minimum absolute atomic E-state index is 0.633. The quantitative estimate of drug-likeness (QED) is 0.369. The van der Waals surface area contributed by atoms with Crippen LogP contribution in [0.5, 0.6) is 0 Å². The molecule has 0 amide bonds. The highest BCUT2D eigenvalue weighted by Crippen LogP contribution is 2.40. The molecule has 1 rings (SSSR count). The monoisotopic (exact) mass is 316 g/mol. The molecule has 130 valence electrons. The largest absolute Gasteiger partial charge is 0.345 e. The molecular weight excluding hydrogens is 280 g/mol. The van der Waals surface area contributed by atoms with Crippen LogP contribution in [0.25, 0.3) is 0 Å². The molecule has 1 aliphatic rings. The lowest BCUT2D eigenvalue weighted by Crippen LogP contribution is -2.48. The van der Waals surface area contributed by atoms with Crippen molar-refractivity contribution in [3.8, 4) is 0 Å². The fourth-order valence-electron chi connectivity index (χ4n) is 3.14. The number of nitrogens with zero attached hydrogens (tertiary/aromatic N) is 2. The van der Waals surface area contributed by atoms with Gasteiger partial charge in [0.2, 0.25) is 0 Å². The highest BCUT2D eigenvalue weighted by molar-refractivity contribution is 5.81. The Hall–Kier alpha value is -1.31. The van der Waals surface area contributed by atoms with Gasteiger partial charge in [-0.2, -0.15) is 0 Å². The van der Waals surface area contributed by atoms with Gasteiger partial charge in [0.05, 0.1) is 0 Å². The molecule has 1 fully saturated rings. The van der Waals surface area contributed by atoms with Crippen LogP contribution >= 0.6 is 0 Å². The molecule has 0 spiro atoms. The van der Waals surface area contributed by atoms with E-state index in [2.05, 4.69) is 63.2 Å². The Kier molecular flexibility index (Phi) is 8.36. The van der Waals surface area contributed by atoms with Crippen LogP contribution in [-0.2, 0) is 0 Å². The molecule has 2 nitrogen and oxygen atoms in total. The fourth-order valence-corrected chi connectivity index (χ4v) is 3.14. The van der Waals surface area contributed by atoms with Crippen LogP contribution in [0.1, 0.15) is 73.1 Å². The molecule has 1 heterocycles. The van der Waals surface area contributed by atoms with E-state index in [1.807, 2.05) is 7.05 Å². The highest BCUT2D eigenvalue weighted by atomic mass is 15.2. The second-order valence-corrected chi connectivity index (χ2v) is 6.86. The molecule has 0 aromatic heterocycles. The molecule has 0 aliphatic carbocycles. The lowest BCUT2D eigenvalue weighted by molar-refractivity contribution is 0.141. The zero-order chi connectivity index (χ0) is 17.4. The summed E-state index contributed by atoms with van der Waals surface area (Å²) >= 11 is 0. The summed E-state index contributed by atoms with van der Waals surface area (Å²) in [6, 6.07) is 0.633. The van der Waals surface area contributed by atoms with Crippen molar-refractivity contribution in [2.24, 2.45) is 10.9 Å². The van der Waals surface area contributed by atoms with Crippen LogP contribution in [0.3, 0.4) is 0 Å². The molecule has 0 saturated carbocycles. The maximum absolute atomic E-state index is 4.30. The second-order valence-electron chi connectivity index (χ2n) is 6.86. The molecule has 2 heteroatoms. The van der Waals surface area contributed by atoms with Crippen molar-refractivity contribution in [3.05, 3.63) is 35.7 Å². The van der Waals surface area contributed by atoms with Crippen molar-refractivity contribution in [2.45, 2.75) is 79.2 Å². The summed E-state index contributed by atoms with van der Waals surface area (Å²) < 4.78 is 0. The minimum atomic E-state index is 0.633. The third kappa shape index (κ3) is 5.37. The normalized spacial score (nSPS) is 21.5. The molecule has 1 saturated heterocycles. The Labute approximate surface area is 144 Å². The maximum Gasteiger partial charge on any atom is 0.0415 e. The zero-order valence-corrected chi connectivity index (χ0v) is 16.2. The average molecular weight is 317 g/mol. The number of hydrogen-bond acceptors (Lipinski definition) is 2. The van der Waals surface area contributed by atoms with Gasteiger partial charge in [-0.1, -0.05) is 51.5 Å². The highest BCUT2D eigenvalue weighted by Gasteiger charge is 2.36. The smallest absolute Gasteiger partial charge is 0.0415 e. The first-order valence-electron chi connectivity index (χ1n) is 9.19. The third-order valence-electron chi connectivity index (χ3n) is 5.16. The first-order valence-corrected chi connectivity index (χ1v) is 9.19. The van der Waals surface area contributed by atoms with E-state index < -0.39 is 0 Å². The van der Waals surface area contributed by atoms with Gasteiger partial charge in [0.25, 0.3) is 0 Å². The van der Waals surface area contributed by atoms with E-state index in [1.165, 1.54) is 29.1 Å². The summed E-state index contributed by atoms with van der Waals surface area (Å²) in [6.07, 6.45) is 11.2. The fraction of sp³-hybridized carbons (Fsp3) is 0.667. The third-order valence-corrected chi connectivity index (χ3v) is 5.16. The van der Waals surface area contributed by atoms with Crippen LogP contribution in [-0.4, -0.2) is 23.7 Å². The van der Waals surface area contributed by atoms with Gasteiger partial charge in [0.15, 0.2) is 0 Å². The topological polar surface area (TPSA) is 15.6 Å². The summed E-state index contributed by atoms with van der Waals surface area (Å²) in [6.45, 7) is 15.6. The number of rotatable bonds is 9. The van der Waals surface area contributed by atoms with E-state index in [4.69, 9.17) is 0 Å². The predicted octanol–water partition coefficient (Wildman–Crippen LogP) is 6.12. The molecule has 0 N–H and O–H groups in total. The number of allylic oxidation sites excluding steroid dienone is 3. The first-order chi connectivity index (χ1) is 11.0. The minimum Gasteiger partial charge on any atom is -0.345 e. The van der Waals surface area contributed by atoms with Gasteiger partial charge in [-0.05, 0) is 39.0 Å². The van der Waals surface area contributed by atoms with Gasteiger partial charge in [0.1, 0.15) is 0 Å². The molecule has 1 aliphatic heterocycles. The zero-order valence-electron chi connectivity index (χ0n) is 16.2. The SMILES string of the molecule is C=C1CC(C(C)CC)N1/C(C/C=C/CC)=C(\C)CC/C(C)=N/C. The van der Waals surface area contributed by atoms with E-state index >= 15 is 0 Å². The van der Waals surface area contributed by atoms with Gasteiger partial charge in [-0.25, -0.2) is 0 Å². The van der Waals surface area contributed by atoms with Gasteiger partial charge < -0.3 is 4.90 Å². The van der Waals surface area contributed by atoms with Gasteiger partial charge >= 0.3 is 0 Å². The van der Waals surface area contributed by atoms with Crippen LogP contribution in [0.2, 0.25) is 0 Å². The van der Waals surface area contributed by atoms with Gasteiger partial charge in [0, 0.05) is 43.0 Å². The van der Waals surface area contributed by atoms with Crippen molar-refractivity contribution in [1.82, 2.24) is 4.90 Å².